The van der Waals surface area contributed by atoms with E-state index in [2.05, 4.69) is 12.2 Å². The van der Waals surface area contributed by atoms with Crippen LogP contribution >= 0.6 is 0 Å². The molecule has 0 aromatic heterocycles. The van der Waals surface area contributed by atoms with Gasteiger partial charge in [0.05, 0.1) is 6.42 Å². The van der Waals surface area contributed by atoms with Gasteiger partial charge in [-0.1, -0.05) is 44.2 Å². The molecule has 0 radical (unpaired) electrons. The summed E-state index contributed by atoms with van der Waals surface area (Å²) in [6.07, 6.45) is -0.297. The van der Waals surface area contributed by atoms with Crippen molar-refractivity contribution in [2.45, 2.75) is 95.4 Å². The predicted octanol–water partition coefficient (Wildman–Crippen LogP) is 2.82. The van der Waals surface area contributed by atoms with Gasteiger partial charge >= 0.3 is 11.9 Å². The van der Waals surface area contributed by atoms with Gasteiger partial charge in [-0.25, -0.2) is 14.6 Å². The van der Waals surface area contributed by atoms with Crippen molar-refractivity contribution in [1.29, 1.82) is 0 Å². The normalized spacial score (nSPS) is 38.6. The van der Waals surface area contributed by atoms with Crippen LogP contribution in [0.2, 0.25) is 0 Å². The number of esters is 1. The maximum Gasteiger partial charge on any atom is 0.329 e. The number of aliphatic hydroxyl groups is 1. The van der Waals surface area contributed by atoms with Gasteiger partial charge in [0, 0.05) is 24.7 Å². The van der Waals surface area contributed by atoms with Crippen LogP contribution in [0.3, 0.4) is 0 Å². The Balaban J connectivity index is 1.20. The van der Waals surface area contributed by atoms with Crippen LogP contribution in [-0.2, 0) is 38.4 Å². The van der Waals surface area contributed by atoms with Crippen LogP contribution < -0.4 is 5.32 Å². The van der Waals surface area contributed by atoms with Gasteiger partial charge in [-0.15, -0.1) is 0 Å². The average molecular weight is 548 g/mol. The zero-order chi connectivity index (χ0) is 27.9. The van der Waals surface area contributed by atoms with Crippen LogP contribution in [0.4, 0.5) is 0 Å². The van der Waals surface area contributed by atoms with Gasteiger partial charge < -0.3 is 29.7 Å². The molecule has 0 unspecified atom stereocenters. The van der Waals surface area contributed by atoms with E-state index in [0.29, 0.717) is 17.9 Å². The highest BCUT2D eigenvalue weighted by Gasteiger charge is 2.69. The first-order chi connectivity index (χ1) is 18.5. The molecule has 5 fully saturated rings. The summed E-state index contributed by atoms with van der Waals surface area (Å²) in [5.41, 5.74) is -0.427. The molecule has 4 aliphatic heterocycles. The number of carbonyl (C=O) groups excluding carboxylic acids is 2. The Kier molecular flexibility index (Phi) is 7.73. The molecular formula is C28H37NO10. The zero-order valence-corrected chi connectivity index (χ0v) is 22.4. The molecule has 1 aromatic carbocycles. The summed E-state index contributed by atoms with van der Waals surface area (Å²) in [6, 6.07) is 6.61. The number of fused-ring (bicyclic) bond motifs is 2. The molecule has 4 heterocycles. The SMILES string of the molecule is C[C@H]1[C@H](OC(=O)CCC(=O)N[C@H](C(=O)O)[C@H](O)c2ccccc2)O[C@@H]2O[C@]3(C)CC[C@H]4[C@H](C)CC[C@@H]1[C@]24OO3. The summed E-state index contributed by atoms with van der Waals surface area (Å²) in [6.45, 7) is 5.99. The lowest BCUT2D eigenvalue weighted by Crippen LogP contribution is -2.70. The molecule has 4 saturated heterocycles. The maximum absolute atomic E-state index is 12.8. The molecule has 214 valence electrons. The fraction of sp³-hybridized carbons (Fsp3) is 0.679. The predicted molar refractivity (Wildman–Crippen MR) is 133 cm³/mol. The van der Waals surface area contributed by atoms with E-state index in [1.165, 1.54) is 0 Å². The van der Waals surface area contributed by atoms with Gasteiger partial charge in [-0.05, 0) is 43.6 Å². The highest BCUT2D eigenvalue weighted by atomic mass is 17.3. The van der Waals surface area contributed by atoms with Crippen LogP contribution in [0.25, 0.3) is 0 Å². The molecule has 6 rings (SSSR count). The molecule has 1 aromatic rings. The maximum atomic E-state index is 12.8. The van der Waals surface area contributed by atoms with Crippen molar-refractivity contribution >= 4 is 17.8 Å². The van der Waals surface area contributed by atoms with Gasteiger partial charge in [-0.2, -0.15) is 0 Å². The topological polar surface area (TPSA) is 150 Å². The fourth-order valence-corrected chi connectivity index (χ4v) is 6.77. The van der Waals surface area contributed by atoms with Crippen molar-refractivity contribution in [2.24, 2.45) is 23.7 Å². The van der Waals surface area contributed by atoms with Crippen LogP contribution in [0.5, 0.6) is 0 Å². The standard InChI is InChI=1S/C28H37NO10/c1-15-9-10-19-16(2)25(36-26-28(19)18(15)13-14-27(3,37-26)38-39-28)35-21(31)12-11-20(30)29-22(24(33)34)23(32)17-7-5-4-6-8-17/h4-8,15-16,18-19,22-23,25-26,32H,9-14H2,1-3H3,(H,29,30)(H,33,34)/t15-,16-,18+,19+,22+,23-,25-,26-,27+,28+/m1/s1. The molecule has 1 aliphatic carbocycles. The molecule has 10 atom stereocenters. The van der Waals surface area contributed by atoms with E-state index in [1.54, 1.807) is 30.3 Å². The van der Waals surface area contributed by atoms with Crippen molar-refractivity contribution in [3.05, 3.63) is 35.9 Å². The van der Waals surface area contributed by atoms with E-state index in [-0.39, 0.29) is 30.6 Å². The number of hydrogen-bond acceptors (Lipinski definition) is 9. The second-order valence-electron chi connectivity index (χ2n) is 11.5. The highest BCUT2D eigenvalue weighted by molar-refractivity contribution is 5.86. The first kappa shape index (κ1) is 28.0. The number of ether oxygens (including phenoxy) is 3. The van der Waals surface area contributed by atoms with E-state index in [1.807, 2.05) is 13.8 Å². The summed E-state index contributed by atoms with van der Waals surface area (Å²) in [5.74, 6) is -3.33. The summed E-state index contributed by atoms with van der Waals surface area (Å²) in [5, 5.41) is 22.3. The Morgan fingerprint density at radius 2 is 1.82 bits per heavy atom. The summed E-state index contributed by atoms with van der Waals surface area (Å²) in [4.78, 5) is 48.8. The second-order valence-corrected chi connectivity index (χ2v) is 11.5. The van der Waals surface area contributed by atoms with Gasteiger partial charge in [0.2, 0.25) is 18.0 Å². The second kappa shape index (κ2) is 10.8. The monoisotopic (exact) mass is 547 g/mol. The first-order valence-corrected chi connectivity index (χ1v) is 13.7. The summed E-state index contributed by atoms with van der Waals surface area (Å²) >= 11 is 0. The number of benzene rings is 1. The molecule has 39 heavy (non-hydrogen) atoms. The van der Waals surface area contributed by atoms with E-state index < -0.39 is 54.0 Å². The third kappa shape index (κ3) is 5.18. The Hall–Kier alpha value is -2.57. The van der Waals surface area contributed by atoms with Gasteiger partial charge in [-0.3, -0.25) is 9.59 Å². The van der Waals surface area contributed by atoms with Gasteiger partial charge in [0.15, 0.2) is 17.9 Å². The molecule has 11 nitrogen and oxygen atoms in total. The van der Waals surface area contributed by atoms with Crippen molar-refractivity contribution < 1.29 is 48.6 Å². The van der Waals surface area contributed by atoms with Crippen molar-refractivity contribution in [3.63, 3.8) is 0 Å². The van der Waals surface area contributed by atoms with E-state index in [4.69, 9.17) is 24.0 Å². The Morgan fingerprint density at radius 1 is 1.08 bits per heavy atom. The Morgan fingerprint density at radius 3 is 2.54 bits per heavy atom. The number of aliphatic hydroxyl groups excluding tert-OH is 1. The molecule has 5 aliphatic rings. The third-order valence-electron chi connectivity index (χ3n) is 8.94. The molecule has 1 saturated carbocycles. The Bertz CT molecular complexity index is 1080. The lowest BCUT2D eigenvalue weighted by molar-refractivity contribution is -0.576. The molecule has 3 N–H and O–H groups in total. The van der Waals surface area contributed by atoms with Crippen LogP contribution in [0.1, 0.15) is 71.0 Å². The quantitative estimate of drug-likeness (QED) is 0.327. The number of carboxylic acids is 1. The average Bonchev–Trinajstić information content (AvgIpc) is 3.14. The van der Waals surface area contributed by atoms with Crippen molar-refractivity contribution in [1.82, 2.24) is 5.32 Å². The van der Waals surface area contributed by atoms with Crippen molar-refractivity contribution in [3.8, 4) is 0 Å². The largest absolute Gasteiger partial charge is 0.480 e. The molecule has 1 amide bonds. The number of nitrogens with one attached hydrogen (secondary N) is 1. The minimum atomic E-state index is -1.57. The lowest BCUT2D eigenvalue weighted by Gasteiger charge is -2.59. The minimum absolute atomic E-state index is 0.0167. The summed E-state index contributed by atoms with van der Waals surface area (Å²) < 4.78 is 18.2. The fourth-order valence-electron chi connectivity index (χ4n) is 6.77. The Labute approximate surface area is 227 Å². The minimum Gasteiger partial charge on any atom is -0.480 e. The molecular weight excluding hydrogens is 510 g/mol. The van der Waals surface area contributed by atoms with E-state index in [9.17, 15) is 24.6 Å². The van der Waals surface area contributed by atoms with Gasteiger partial charge in [0.25, 0.3) is 0 Å². The third-order valence-corrected chi connectivity index (χ3v) is 8.94. The number of aliphatic carboxylic acids is 1. The van der Waals surface area contributed by atoms with Gasteiger partial charge in [0.1, 0.15) is 6.10 Å². The van der Waals surface area contributed by atoms with Crippen LogP contribution in [-0.4, -0.2) is 58.1 Å². The van der Waals surface area contributed by atoms with E-state index >= 15 is 0 Å². The highest BCUT2D eigenvalue weighted by Crippen LogP contribution is 2.60. The van der Waals surface area contributed by atoms with Crippen LogP contribution in [0, 0.1) is 23.7 Å². The summed E-state index contributed by atoms with van der Waals surface area (Å²) in [7, 11) is 0. The zero-order valence-electron chi connectivity index (χ0n) is 22.4. The van der Waals surface area contributed by atoms with Crippen molar-refractivity contribution in [2.75, 3.05) is 0 Å². The number of carbonyl (C=O) groups is 3. The molecule has 11 heteroatoms. The first-order valence-electron chi connectivity index (χ1n) is 13.7. The molecule has 2 bridgehead atoms. The molecule has 1 spiro atoms. The number of hydrogen-bond donors (Lipinski definition) is 3. The van der Waals surface area contributed by atoms with Crippen LogP contribution in [0.15, 0.2) is 30.3 Å². The number of carboxylic acid groups (broad SMARTS) is 1. The number of rotatable bonds is 8. The number of amides is 1. The smallest absolute Gasteiger partial charge is 0.329 e. The lowest BCUT2D eigenvalue weighted by atomic mass is 9.58. The van der Waals surface area contributed by atoms with E-state index in [0.717, 1.165) is 19.3 Å².